The molecular weight excluding hydrogens is 356 g/mol. The van der Waals surface area contributed by atoms with Crippen molar-refractivity contribution < 1.29 is 27.2 Å². The van der Waals surface area contributed by atoms with Gasteiger partial charge < -0.3 is 9.47 Å². The third kappa shape index (κ3) is 9.88. The highest BCUT2D eigenvalue weighted by atomic mass is 32.2. The summed E-state index contributed by atoms with van der Waals surface area (Å²) in [6, 6.07) is 0. The standard InChI is InChI=1S/C19H36O6S/c1-3-4-5-7-10-13-16-19(25-16)17(26(21,22)23)14-11-8-6-9-12-15-18(20)24-2/h16-17,19H,3-15H2,1-2H3,(H,21,22,23). The molecule has 0 spiro atoms. The molecule has 1 rings (SSSR count). The summed E-state index contributed by atoms with van der Waals surface area (Å²) in [5.74, 6) is -0.192. The molecule has 0 saturated carbocycles. The molecule has 6 nitrogen and oxygen atoms in total. The van der Waals surface area contributed by atoms with Crippen molar-refractivity contribution in [3.05, 3.63) is 0 Å². The van der Waals surface area contributed by atoms with E-state index in [1.54, 1.807) is 0 Å². The molecule has 0 radical (unpaired) electrons. The average molecular weight is 393 g/mol. The van der Waals surface area contributed by atoms with E-state index in [2.05, 4.69) is 11.7 Å². The number of carbonyl (C=O) groups excluding carboxylic acids is 1. The van der Waals surface area contributed by atoms with Gasteiger partial charge >= 0.3 is 5.97 Å². The molecule has 26 heavy (non-hydrogen) atoms. The second kappa shape index (κ2) is 12.7. The first kappa shape index (κ1) is 23.4. The minimum absolute atomic E-state index is 0.0105. The molecule has 1 aliphatic heterocycles. The number of epoxide rings is 1. The second-order valence-corrected chi connectivity index (χ2v) is 8.91. The Morgan fingerprint density at radius 2 is 1.65 bits per heavy atom. The van der Waals surface area contributed by atoms with Gasteiger partial charge in [-0.2, -0.15) is 8.42 Å². The molecular formula is C19H36O6S. The lowest BCUT2D eigenvalue weighted by molar-refractivity contribution is -0.140. The summed E-state index contributed by atoms with van der Waals surface area (Å²) in [6.07, 6.45) is 11.6. The predicted molar refractivity (Wildman–Crippen MR) is 102 cm³/mol. The number of ether oxygens (including phenoxy) is 2. The minimum Gasteiger partial charge on any atom is -0.469 e. The Morgan fingerprint density at radius 1 is 1.04 bits per heavy atom. The number of rotatable bonds is 16. The lowest BCUT2D eigenvalue weighted by atomic mass is 10.0. The molecule has 0 aromatic carbocycles. The lowest BCUT2D eigenvalue weighted by Crippen LogP contribution is -2.27. The van der Waals surface area contributed by atoms with E-state index in [1.165, 1.54) is 26.4 Å². The third-order valence-corrected chi connectivity index (χ3v) is 6.33. The van der Waals surface area contributed by atoms with E-state index in [0.717, 1.165) is 51.4 Å². The van der Waals surface area contributed by atoms with Crippen LogP contribution in [0.3, 0.4) is 0 Å². The van der Waals surface area contributed by atoms with Gasteiger partial charge in [0.25, 0.3) is 10.1 Å². The van der Waals surface area contributed by atoms with Crippen molar-refractivity contribution in [1.29, 1.82) is 0 Å². The Balaban J connectivity index is 2.18. The Kier molecular flexibility index (Phi) is 11.4. The van der Waals surface area contributed by atoms with Crippen LogP contribution in [0.15, 0.2) is 0 Å². The Bertz CT molecular complexity index is 490. The molecule has 1 N–H and O–H groups in total. The van der Waals surface area contributed by atoms with Crippen LogP contribution in [0, 0.1) is 0 Å². The molecule has 7 heteroatoms. The van der Waals surface area contributed by atoms with Crippen molar-refractivity contribution in [2.45, 2.75) is 108 Å². The first-order chi connectivity index (χ1) is 12.4. The van der Waals surface area contributed by atoms with Gasteiger partial charge in [-0.05, 0) is 19.3 Å². The van der Waals surface area contributed by atoms with Crippen molar-refractivity contribution in [2.75, 3.05) is 7.11 Å². The summed E-state index contributed by atoms with van der Waals surface area (Å²) < 4.78 is 43.0. The Morgan fingerprint density at radius 3 is 2.31 bits per heavy atom. The molecule has 154 valence electrons. The molecule has 0 aromatic rings. The van der Waals surface area contributed by atoms with E-state index in [1.807, 2.05) is 0 Å². The number of methoxy groups -OCH3 is 1. The summed E-state index contributed by atoms with van der Waals surface area (Å²) in [7, 11) is -2.69. The highest BCUT2D eigenvalue weighted by Gasteiger charge is 2.48. The van der Waals surface area contributed by atoms with E-state index in [9.17, 15) is 17.8 Å². The fraction of sp³-hybridized carbons (Fsp3) is 0.947. The quantitative estimate of drug-likeness (QED) is 0.182. The molecule has 1 fully saturated rings. The van der Waals surface area contributed by atoms with Crippen LogP contribution in [-0.4, -0.2) is 43.5 Å². The minimum atomic E-state index is -4.07. The Hall–Kier alpha value is -0.660. The van der Waals surface area contributed by atoms with Crippen LogP contribution < -0.4 is 0 Å². The SMILES string of the molecule is CCCCCCCC1OC1C(CCCCCCCC(=O)OC)S(=O)(=O)O. The third-order valence-electron chi connectivity index (χ3n) is 5.06. The van der Waals surface area contributed by atoms with Crippen LogP contribution in [0.2, 0.25) is 0 Å². The molecule has 1 saturated heterocycles. The zero-order chi connectivity index (χ0) is 19.4. The van der Waals surface area contributed by atoms with Gasteiger partial charge in [-0.15, -0.1) is 0 Å². The Labute approximate surface area is 158 Å². The maximum Gasteiger partial charge on any atom is 0.305 e. The summed E-state index contributed by atoms with van der Waals surface area (Å²) in [6.45, 7) is 2.18. The van der Waals surface area contributed by atoms with E-state index >= 15 is 0 Å². The number of carbonyl (C=O) groups is 1. The molecule has 3 atom stereocenters. The van der Waals surface area contributed by atoms with E-state index in [-0.39, 0.29) is 18.2 Å². The van der Waals surface area contributed by atoms with Gasteiger partial charge in [-0.3, -0.25) is 9.35 Å². The molecule has 0 aliphatic carbocycles. The highest BCUT2D eigenvalue weighted by molar-refractivity contribution is 7.86. The van der Waals surface area contributed by atoms with Crippen LogP contribution in [0.5, 0.6) is 0 Å². The smallest absolute Gasteiger partial charge is 0.305 e. The fourth-order valence-corrected chi connectivity index (χ4v) is 4.44. The van der Waals surface area contributed by atoms with Crippen LogP contribution in [0.4, 0.5) is 0 Å². The van der Waals surface area contributed by atoms with Gasteiger partial charge in [0.2, 0.25) is 0 Å². The maximum absolute atomic E-state index is 11.7. The van der Waals surface area contributed by atoms with Crippen molar-refractivity contribution in [2.24, 2.45) is 0 Å². The summed E-state index contributed by atoms with van der Waals surface area (Å²) in [5, 5.41) is -0.793. The van der Waals surface area contributed by atoms with Gasteiger partial charge in [-0.1, -0.05) is 64.7 Å². The fourth-order valence-electron chi connectivity index (χ4n) is 3.39. The molecule has 1 heterocycles. The predicted octanol–water partition coefficient (Wildman–Crippen LogP) is 4.27. The van der Waals surface area contributed by atoms with Crippen molar-refractivity contribution in [3.8, 4) is 0 Å². The van der Waals surface area contributed by atoms with Gasteiger partial charge in [0, 0.05) is 6.42 Å². The summed E-state index contributed by atoms with van der Waals surface area (Å²) >= 11 is 0. The molecule has 0 aromatic heterocycles. The first-order valence-electron chi connectivity index (χ1n) is 10.1. The highest BCUT2D eigenvalue weighted by Crippen LogP contribution is 2.35. The second-order valence-electron chi connectivity index (χ2n) is 7.28. The van der Waals surface area contributed by atoms with E-state index < -0.39 is 15.4 Å². The largest absolute Gasteiger partial charge is 0.469 e. The van der Waals surface area contributed by atoms with Crippen LogP contribution >= 0.6 is 0 Å². The van der Waals surface area contributed by atoms with Gasteiger partial charge in [0.05, 0.1) is 13.2 Å². The topological polar surface area (TPSA) is 93.2 Å². The number of unbranched alkanes of at least 4 members (excludes halogenated alkanes) is 8. The molecule has 3 unspecified atom stereocenters. The van der Waals surface area contributed by atoms with Crippen LogP contribution in [0.25, 0.3) is 0 Å². The molecule has 0 amide bonds. The average Bonchev–Trinajstić information content (AvgIpc) is 3.34. The number of hydrogen-bond donors (Lipinski definition) is 1. The zero-order valence-electron chi connectivity index (χ0n) is 16.3. The monoisotopic (exact) mass is 392 g/mol. The van der Waals surface area contributed by atoms with Crippen molar-refractivity contribution >= 4 is 16.1 Å². The van der Waals surface area contributed by atoms with E-state index in [4.69, 9.17) is 4.74 Å². The summed E-state index contributed by atoms with van der Waals surface area (Å²) in [4.78, 5) is 11.0. The van der Waals surface area contributed by atoms with Crippen LogP contribution in [0.1, 0.15) is 90.4 Å². The zero-order valence-corrected chi connectivity index (χ0v) is 17.1. The molecule has 1 aliphatic rings. The van der Waals surface area contributed by atoms with Gasteiger partial charge in [0.15, 0.2) is 0 Å². The number of hydrogen-bond acceptors (Lipinski definition) is 5. The van der Waals surface area contributed by atoms with Gasteiger partial charge in [-0.25, -0.2) is 0 Å². The lowest BCUT2D eigenvalue weighted by Gasteiger charge is -2.11. The maximum atomic E-state index is 11.7. The molecule has 0 bridgehead atoms. The number of esters is 1. The van der Waals surface area contributed by atoms with E-state index in [0.29, 0.717) is 12.8 Å². The first-order valence-corrected chi connectivity index (χ1v) is 11.6. The summed E-state index contributed by atoms with van der Waals surface area (Å²) in [5.41, 5.74) is 0. The van der Waals surface area contributed by atoms with Crippen molar-refractivity contribution in [3.63, 3.8) is 0 Å². The van der Waals surface area contributed by atoms with Crippen LogP contribution in [-0.2, 0) is 24.4 Å². The normalized spacial score (nSPS) is 20.7. The van der Waals surface area contributed by atoms with Gasteiger partial charge in [0.1, 0.15) is 11.4 Å². The van der Waals surface area contributed by atoms with Crippen molar-refractivity contribution in [1.82, 2.24) is 0 Å².